The Morgan fingerprint density at radius 1 is 0.680 bits per heavy atom. The van der Waals surface area contributed by atoms with Gasteiger partial charge in [0.2, 0.25) is 0 Å². The molecule has 25 heavy (non-hydrogen) atoms. The van der Waals surface area contributed by atoms with Crippen LogP contribution in [0.5, 0.6) is 34.5 Å². The lowest BCUT2D eigenvalue weighted by Crippen LogP contribution is -2.44. The largest absolute Gasteiger partial charge is 0.504 e. The number of aromatic hydroxyl groups is 6. The summed E-state index contributed by atoms with van der Waals surface area (Å²) in [5.74, 6) is -5.68. The maximum absolute atomic E-state index is 12.5. The average Bonchev–Trinajstić information content (AvgIpc) is 2.84. The third-order valence-corrected chi connectivity index (χ3v) is 3.87. The number of phenolic OH excluding ortho intramolecular Hbond substituents is 6. The number of hydrogen-bond acceptors (Lipinski definition) is 8. The number of carbonyl (C=O) groups excluding carboxylic acids is 2. The van der Waals surface area contributed by atoms with Gasteiger partial charge in [-0.15, -0.1) is 0 Å². The molecule has 1 fully saturated rings. The zero-order valence-electron chi connectivity index (χ0n) is 12.3. The van der Waals surface area contributed by atoms with Crippen LogP contribution < -0.4 is 10.6 Å². The van der Waals surface area contributed by atoms with Gasteiger partial charge in [0, 0.05) is 0 Å². The molecule has 2 aromatic carbocycles. The van der Waals surface area contributed by atoms with Crippen molar-refractivity contribution in [2.24, 2.45) is 0 Å². The predicted octanol–water partition coefficient (Wildman–Crippen LogP) is 0.00320. The van der Waals surface area contributed by atoms with Gasteiger partial charge in [-0.05, 0) is 35.4 Å². The summed E-state index contributed by atoms with van der Waals surface area (Å²) in [4.78, 5) is 24.2. The summed E-state index contributed by atoms with van der Waals surface area (Å²) in [5.41, 5.74) is -2.40. The summed E-state index contributed by atoms with van der Waals surface area (Å²) in [5, 5.41) is 62.1. The van der Waals surface area contributed by atoms with Crippen molar-refractivity contribution in [3.05, 3.63) is 35.4 Å². The van der Waals surface area contributed by atoms with Crippen molar-refractivity contribution >= 4 is 11.9 Å². The standard InChI is InChI=1S/C15H12N2O8/c18-7-1-5(2-8(19)11(7)22)15(13(24)16-14(25)17-15)6-3-9(20)12(23)10(21)4-6/h1-4,18-23H,(H2,16,17,24,25). The zero-order chi connectivity index (χ0) is 18.5. The summed E-state index contributed by atoms with van der Waals surface area (Å²) in [6, 6.07) is 2.76. The van der Waals surface area contributed by atoms with Crippen LogP contribution in [0, 0.1) is 0 Å². The molecule has 0 unspecified atom stereocenters. The van der Waals surface area contributed by atoms with Crippen LogP contribution in [0.1, 0.15) is 11.1 Å². The van der Waals surface area contributed by atoms with E-state index in [-0.39, 0.29) is 11.1 Å². The van der Waals surface area contributed by atoms with E-state index in [1.165, 1.54) is 0 Å². The molecule has 0 aliphatic carbocycles. The first-order chi connectivity index (χ1) is 11.7. The first kappa shape index (κ1) is 16.1. The van der Waals surface area contributed by atoms with E-state index in [9.17, 15) is 40.2 Å². The topological polar surface area (TPSA) is 180 Å². The van der Waals surface area contributed by atoms with E-state index < -0.39 is 52.0 Å². The Kier molecular flexibility index (Phi) is 3.27. The maximum atomic E-state index is 12.5. The summed E-state index contributed by atoms with van der Waals surface area (Å²) >= 11 is 0. The molecule has 1 aliphatic heterocycles. The van der Waals surface area contributed by atoms with Gasteiger partial charge in [-0.1, -0.05) is 0 Å². The van der Waals surface area contributed by atoms with Crippen molar-refractivity contribution in [1.29, 1.82) is 0 Å². The summed E-state index contributed by atoms with van der Waals surface area (Å²) in [7, 11) is 0. The number of amides is 3. The van der Waals surface area contributed by atoms with Gasteiger partial charge in [-0.25, -0.2) is 4.79 Å². The summed E-state index contributed by atoms with van der Waals surface area (Å²) < 4.78 is 0. The molecule has 10 heteroatoms. The molecule has 1 heterocycles. The second kappa shape index (κ2) is 5.09. The highest BCUT2D eigenvalue weighted by Crippen LogP contribution is 2.45. The monoisotopic (exact) mass is 348 g/mol. The lowest BCUT2D eigenvalue weighted by molar-refractivity contribution is -0.122. The van der Waals surface area contributed by atoms with E-state index in [1.807, 2.05) is 5.32 Å². The maximum Gasteiger partial charge on any atom is 0.322 e. The quantitative estimate of drug-likeness (QED) is 0.276. The Bertz CT molecular complexity index is 820. The molecule has 10 nitrogen and oxygen atoms in total. The first-order valence-corrected chi connectivity index (χ1v) is 6.81. The van der Waals surface area contributed by atoms with E-state index in [0.717, 1.165) is 24.3 Å². The zero-order valence-corrected chi connectivity index (χ0v) is 12.3. The molecule has 0 radical (unpaired) electrons. The van der Waals surface area contributed by atoms with Crippen molar-refractivity contribution in [1.82, 2.24) is 10.6 Å². The fraction of sp³-hybridized carbons (Fsp3) is 0.0667. The number of rotatable bonds is 2. The van der Waals surface area contributed by atoms with Gasteiger partial charge >= 0.3 is 6.03 Å². The van der Waals surface area contributed by atoms with Crippen LogP contribution >= 0.6 is 0 Å². The van der Waals surface area contributed by atoms with E-state index >= 15 is 0 Å². The SMILES string of the molecule is O=C1NC(=O)C(c2cc(O)c(O)c(O)c2)(c2cc(O)c(O)c(O)c2)N1. The van der Waals surface area contributed by atoms with E-state index in [4.69, 9.17) is 0 Å². The number of benzene rings is 2. The number of imide groups is 1. The van der Waals surface area contributed by atoms with Crippen LogP contribution in [0.3, 0.4) is 0 Å². The molecule has 0 bridgehead atoms. The molecule has 1 saturated heterocycles. The molecule has 0 spiro atoms. The fourth-order valence-electron chi connectivity index (χ4n) is 2.67. The van der Waals surface area contributed by atoms with Crippen molar-refractivity contribution in [2.75, 3.05) is 0 Å². The van der Waals surface area contributed by atoms with Gasteiger partial charge in [-0.3, -0.25) is 10.1 Å². The molecule has 1 aliphatic rings. The molecule has 3 rings (SSSR count). The normalized spacial score (nSPS) is 15.7. The van der Waals surface area contributed by atoms with Gasteiger partial charge in [0.15, 0.2) is 40.0 Å². The lowest BCUT2D eigenvalue weighted by atomic mass is 9.82. The molecule has 130 valence electrons. The average molecular weight is 348 g/mol. The second-order valence-electron chi connectivity index (χ2n) is 5.38. The molecule has 3 amide bonds. The van der Waals surface area contributed by atoms with Crippen LogP contribution in [-0.2, 0) is 10.3 Å². The van der Waals surface area contributed by atoms with Gasteiger partial charge < -0.3 is 36.0 Å². The van der Waals surface area contributed by atoms with Gasteiger partial charge in [0.25, 0.3) is 5.91 Å². The van der Waals surface area contributed by atoms with Gasteiger partial charge in [-0.2, -0.15) is 0 Å². The van der Waals surface area contributed by atoms with Crippen LogP contribution in [0.15, 0.2) is 24.3 Å². The van der Waals surface area contributed by atoms with Crippen molar-refractivity contribution in [3.8, 4) is 34.5 Å². The smallest absolute Gasteiger partial charge is 0.322 e. The molecule has 8 N–H and O–H groups in total. The number of nitrogens with one attached hydrogen (secondary N) is 2. The molecule has 0 aromatic heterocycles. The van der Waals surface area contributed by atoms with Gasteiger partial charge in [0.1, 0.15) is 0 Å². The number of urea groups is 1. The van der Waals surface area contributed by atoms with Crippen molar-refractivity contribution in [2.45, 2.75) is 5.54 Å². The van der Waals surface area contributed by atoms with Crippen LogP contribution in [0.4, 0.5) is 4.79 Å². The van der Waals surface area contributed by atoms with Crippen molar-refractivity contribution in [3.63, 3.8) is 0 Å². The fourth-order valence-corrected chi connectivity index (χ4v) is 2.67. The Balaban J connectivity index is 2.34. The second-order valence-corrected chi connectivity index (χ2v) is 5.38. The Labute approximate surface area is 139 Å². The minimum absolute atomic E-state index is 0.173. The molecule has 0 saturated carbocycles. The Morgan fingerprint density at radius 2 is 1.04 bits per heavy atom. The molecular weight excluding hydrogens is 336 g/mol. The minimum Gasteiger partial charge on any atom is -0.504 e. The lowest BCUT2D eigenvalue weighted by Gasteiger charge is -2.28. The van der Waals surface area contributed by atoms with E-state index in [0.29, 0.717) is 0 Å². The number of carbonyl (C=O) groups is 2. The third-order valence-electron chi connectivity index (χ3n) is 3.87. The Hall–Kier alpha value is -3.82. The Morgan fingerprint density at radius 3 is 1.32 bits per heavy atom. The third kappa shape index (κ3) is 2.19. The molecular formula is C15H12N2O8. The van der Waals surface area contributed by atoms with Crippen LogP contribution in [-0.4, -0.2) is 42.6 Å². The van der Waals surface area contributed by atoms with Crippen molar-refractivity contribution < 1.29 is 40.2 Å². The molecule has 0 atom stereocenters. The predicted molar refractivity (Wildman–Crippen MR) is 80.3 cm³/mol. The number of hydrogen-bond donors (Lipinski definition) is 8. The summed E-state index contributed by atoms with van der Waals surface area (Å²) in [6.45, 7) is 0. The van der Waals surface area contributed by atoms with Gasteiger partial charge in [0.05, 0.1) is 0 Å². The highest BCUT2D eigenvalue weighted by Gasteiger charge is 2.50. The highest BCUT2D eigenvalue weighted by atomic mass is 16.3. The first-order valence-electron chi connectivity index (χ1n) is 6.81. The van der Waals surface area contributed by atoms with Crippen LogP contribution in [0.2, 0.25) is 0 Å². The summed E-state index contributed by atoms with van der Waals surface area (Å²) in [6.07, 6.45) is 0. The molecule has 2 aromatic rings. The van der Waals surface area contributed by atoms with E-state index in [2.05, 4.69) is 5.32 Å². The van der Waals surface area contributed by atoms with E-state index in [1.54, 1.807) is 0 Å². The number of phenols is 6. The highest BCUT2D eigenvalue weighted by molar-refractivity contribution is 6.09. The minimum atomic E-state index is -2.05. The van der Waals surface area contributed by atoms with Crippen LogP contribution in [0.25, 0.3) is 0 Å².